The zero-order valence-corrected chi connectivity index (χ0v) is 16.0. The Hall–Kier alpha value is -1.13. The van der Waals surface area contributed by atoms with Crippen molar-refractivity contribution in [1.82, 2.24) is 0 Å². The van der Waals surface area contributed by atoms with Crippen molar-refractivity contribution in [1.29, 1.82) is 0 Å². The van der Waals surface area contributed by atoms with Gasteiger partial charge in [0, 0.05) is 0 Å². The summed E-state index contributed by atoms with van der Waals surface area (Å²) in [5, 5.41) is 21.2. The van der Waals surface area contributed by atoms with Gasteiger partial charge >= 0.3 is 0 Å². The van der Waals surface area contributed by atoms with E-state index in [1.54, 1.807) is 0 Å². The third kappa shape index (κ3) is 6.27. The van der Waals surface area contributed by atoms with Crippen molar-refractivity contribution < 1.29 is 10.2 Å². The highest BCUT2D eigenvalue weighted by Gasteiger charge is 2.22. The molecular weight excluding hydrogens is 334 g/mol. The minimum absolute atomic E-state index is 0. The van der Waals surface area contributed by atoms with Crippen LogP contribution >= 0.6 is 12.4 Å². The molecular formula is C21H32ClNO2. The second kappa shape index (κ2) is 10.8. The standard InChI is InChI=1S/C21H31NO2.ClH/c1-2-3-4-5-7-17-10-11-20-18(8-6-9-19(20)14-17)12-13-21(22,15-23)16-24;/h6,8-11,14,23-24H,2-5,7,12-13,15-16,22H2,1H3;1H. The van der Waals surface area contributed by atoms with Crippen molar-refractivity contribution in [2.45, 2.75) is 57.4 Å². The summed E-state index contributed by atoms with van der Waals surface area (Å²) in [6.07, 6.45) is 7.60. The second-order valence-corrected chi connectivity index (χ2v) is 6.96. The summed E-state index contributed by atoms with van der Waals surface area (Å²) >= 11 is 0. The fourth-order valence-electron chi connectivity index (χ4n) is 3.12. The molecule has 2 aromatic rings. The van der Waals surface area contributed by atoms with Gasteiger partial charge in [-0.25, -0.2) is 0 Å². The minimum Gasteiger partial charge on any atom is -0.394 e. The van der Waals surface area contributed by atoms with Crippen LogP contribution in [0.2, 0.25) is 0 Å². The summed E-state index contributed by atoms with van der Waals surface area (Å²) in [5.41, 5.74) is 7.71. The average molecular weight is 366 g/mol. The molecule has 25 heavy (non-hydrogen) atoms. The van der Waals surface area contributed by atoms with E-state index in [0.29, 0.717) is 6.42 Å². The summed E-state index contributed by atoms with van der Waals surface area (Å²) < 4.78 is 0. The summed E-state index contributed by atoms with van der Waals surface area (Å²) in [5.74, 6) is 0. The van der Waals surface area contributed by atoms with Gasteiger partial charge in [-0.1, -0.05) is 62.6 Å². The van der Waals surface area contributed by atoms with Crippen LogP contribution in [-0.2, 0) is 12.8 Å². The number of rotatable bonds is 10. The summed E-state index contributed by atoms with van der Waals surface area (Å²) in [6.45, 7) is 1.84. The molecule has 2 rings (SSSR count). The number of hydrogen-bond acceptors (Lipinski definition) is 3. The molecule has 0 spiro atoms. The molecule has 140 valence electrons. The second-order valence-electron chi connectivity index (χ2n) is 6.96. The van der Waals surface area contributed by atoms with E-state index in [1.807, 2.05) is 0 Å². The van der Waals surface area contributed by atoms with Gasteiger partial charge in [-0.15, -0.1) is 12.4 Å². The molecule has 0 aromatic heterocycles. The minimum atomic E-state index is -0.901. The molecule has 0 aliphatic heterocycles. The third-order valence-electron chi connectivity index (χ3n) is 4.88. The summed E-state index contributed by atoms with van der Waals surface area (Å²) in [6, 6.07) is 13.1. The maximum absolute atomic E-state index is 9.35. The Morgan fingerprint density at radius 3 is 2.40 bits per heavy atom. The van der Waals surface area contributed by atoms with Crippen LogP contribution < -0.4 is 5.73 Å². The quantitative estimate of drug-likeness (QED) is 0.557. The monoisotopic (exact) mass is 365 g/mol. The van der Waals surface area contributed by atoms with Crippen LogP contribution in [0.3, 0.4) is 0 Å². The molecule has 0 heterocycles. The van der Waals surface area contributed by atoms with Crippen LogP contribution in [0.1, 0.15) is 50.2 Å². The molecule has 3 nitrogen and oxygen atoms in total. The Bertz CT molecular complexity index is 641. The van der Waals surface area contributed by atoms with Crippen LogP contribution in [0.25, 0.3) is 10.8 Å². The number of fused-ring (bicyclic) bond motifs is 1. The first kappa shape index (κ1) is 21.9. The largest absolute Gasteiger partial charge is 0.394 e. The third-order valence-corrected chi connectivity index (χ3v) is 4.88. The van der Waals surface area contributed by atoms with Crippen molar-refractivity contribution in [3.05, 3.63) is 47.5 Å². The van der Waals surface area contributed by atoms with E-state index in [1.165, 1.54) is 47.6 Å². The molecule has 0 aliphatic rings. The molecule has 0 radical (unpaired) electrons. The molecule has 0 unspecified atom stereocenters. The van der Waals surface area contributed by atoms with E-state index in [0.717, 1.165) is 12.8 Å². The molecule has 0 saturated carbocycles. The fourth-order valence-corrected chi connectivity index (χ4v) is 3.12. The van der Waals surface area contributed by atoms with Gasteiger partial charge in [0.1, 0.15) is 0 Å². The zero-order chi connectivity index (χ0) is 17.4. The van der Waals surface area contributed by atoms with E-state index in [2.05, 4.69) is 43.3 Å². The fraction of sp³-hybridized carbons (Fsp3) is 0.524. The van der Waals surface area contributed by atoms with Crippen molar-refractivity contribution in [2.75, 3.05) is 13.2 Å². The first-order valence-electron chi connectivity index (χ1n) is 9.13. The van der Waals surface area contributed by atoms with Crippen LogP contribution in [0.4, 0.5) is 0 Å². The van der Waals surface area contributed by atoms with Crippen molar-refractivity contribution in [2.24, 2.45) is 5.73 Å². The molecule has 4 heteroatoms. The Morgan fingerprint density at radius 1 is 0.960 bits per heavy atom. The zero-order valence-electron chi connectivity index (χ0n) is 15.2. The highest BCUT2D eigenvalue weighted by molar-refractivity contribution is 5.86. The molecule has 0 aliphatic carbocycles. The predicted molar refractivity (Wildman–Crippen MR) is 108 cm³/mol. The summed E-state index contributed by atoms with van der Waals surface area (Å²) in [7, 11) is 0. The van der Waals surface area contributed by atoms with Gasteiger partial charge in [-0.3, -0.25) is 0 Å². The SMILES string of the molecule is CCCCCCc1ccc2c(CCC(N)(CO)CO)cccc2c1.Cl. The Balaban J connectivity index is 0.00000312. The van der Waals surface area contributed by atoms with E-state index >= 15 is 0 Å². The van der Waals surface area contributed by atoms with E-state index < -0.39 is 5.54 Å². The lowest BCUT2D eigenvalue weighted by atomic mass is 9.91. The van der Waals surface area contributed by atoms with Crippen LogP contribution in [-0.4, -0.2) is 29.0 Å². The van der Waals surface area contributed by atoms with Crippen LogP contribution in [0, 0.1) is 0 Å². The van der Waals surface area contributed by atoms with Gasteiger partial charge in [0.15, 0.2) is 0 Å². The topological polar surface area (TPSA) is 66.5 Å². The van der Waals surface area contributed by atoms with Gasteiger partial charge in [0.2, 0.25) is 0 Å². The van der Waals surface area contributed by atoms with E-state index in [9.17, 15) is 10.2 Å². The number of aliphatic hydroxyl groups is 2. The molecule has 0 bridgehead atoms. The van der Waals surface area contributed by atoms with Gasteiger partial charge in [0.25, 0.3) is 0 Å². The number of hydrogen-bond donors (Lipinski definition) is 3. The van der Waals surface area contributed by atoms with Crippen LogP contribution in [0.5, 0.6) is 0 Å². The van der Waals surface area contributed by atoms with Gasteiger partial charge < -0.3 is 15.9 Å². The van der Waals surface area contributed by atoms with Crippen molar-refractivity contribution >= 4 is 23.2 Å². The van der Waals surface area contributed by atoms with E-state index in [-0.39, 0.29) is 25.6 Å². The number of halogens is 1. The first-order valence-corrected chi connectivity index (χ1v) is 9.13. The number of aryl methyl sites for hydroxylation is 2. The molecule has 0 amide bonds. The lowest BCUT2D eigenvalue weighted by molar-refractivity contribution is 0.115. The highest BCUT2D eigenvalue weighted by atomic mass is 35.5. The van der Waals surface area contributed by atoms with Gasteiger partial charge in [0.05, 0.1) is 18.8 Å². The molecule has 0 saturated heterocycles. The first-order chi connectivity index (χ1) is 11.6. The number of nitrogens with two attached hydrogens (primary N) is 1. The smallest absolute Gasteiger partial charge is 0.0633 e. The lowest BCUT2D eigenvalue weighted by Crippen LogP contribution is -2.47. The maximum atomic E-state index is 9.35. The summed E-state index contributed by atoms with van der Waals surface area (Å²) in [4.78, 5) is 0. The molecule has 0 fully saturated rings. The highest BCUT2D eigenvalue weighted by Crippen LogP contribution is 2.24. The van der Waals surface area contributed by atoms with Crippen molar-refractivity contribution in [3.63, 3.8) is 0 Å². The predicted octanol–water partition coefficient (Wildman–Crippen LogP) is 4.00. The van der Waals surface area contributed by atoms with Gasteiger partial charge in [-0.05, 0) is 47.6 Å². The lowest BCUT2D eigenvalue weighted by Gasteiger charge is -2.24. The normalized spacial score (nSPS) is 11.5. The van der Waals surface area contributed by atoms with Crippen LogP contribution in [0.15, 0.2) is 36.4 Å². The Morgan fingerprint density at radius 2 is 1.72 bits per heavy atom. The molecule has 4 N–H and O–H groups in total. The molecule has 0 atom stereocenters. The van der Waals surface area contributed by atoms with Gasteiger partial charge in [-0.2, -0.15) is 0 Å². The van der Waals surface area contributed by atoms with Crippen molar-refractivity contribution in [3.8, 4) is 0 Å². The molecule has 2 aromatic carbocycles. The Kier molecular flexibility index (Phi) is 9.44. The average Bonchev–Trinajstić information content (AvgIpc) is 2.63. The Labute approximate surface area is 157 Å². The maximum Gasteiger partial charge on any atom is 0.0633 e. The van der Waals surface area contributed by atoms with E-state index in [4.69, 9.17) is 5.73 Å². The number of aliphatic hydroxyl groups excluding tert-OH is 2. The number of benzene rings is 2. The number of unbranched alkanes of at least 4 members (excludes halogenated alkanes) is 3.